The average molecular weight is 448 g/mol. The van der Waals surface area contributed by atoms with Crippen molar-refractivity contribution in [2.24, 2.45) is 5.92 Å². The van der Waals surface area contributed by atoms with Crippen molar-refractivity contribution in [2.45, 2.75) is 37.1 Å². The number of nitrogens with zero attached hydrogens (tertiary/aromatic N) is 1. The Morgan fingerprint density at radius 1 is 1.06 bits per heavy atom. The molecule has 31 heavy (non-hydrogen) atoms. The van der Waals surface area contributed by atoms with Crippen LogP contribution < -0.4 is 10.0 Å². The second-order valence-corrected chi connectivity index (χ2v) is 9.83. The highest BCUT2D eigenvalue weighted by Crippen LogP contribution is 2.15. The van der Waals surface area contributed by atoms with Gasteiger partial charge in [0.2, 0.25) is 15.9 Å². The van der Waals surface area contributed by atoms with Crippen LogP contribution in [-0.2, 0) is 21.2 Å². The molecule has 8 heteroatoms. The summed E-state index contributed by atoms with van der Waals surface area (Å²) >= 11 is 0. The van der Waals surface area contributed by atoms with Crippen molar-refractivity contribution < 1.29 is 17.6 Å². The van der Waals surface area contributed by atoms with Crippen molar-refractivity contribution in [3.63, 3.8) is 0 Å². The van der Waals surface area contributed by atoms with E-state index in [-0.39, 0.29) is 12.3 Å². The van der Waals surface area contributed by atoms with Crippen molar-refractivity contribution in [2.75, 3.05) is 26.2 Å². The number of carbonyl (C=O) groups is 1. The van der Waals surface area contributed by atoms with Gasteiger partial charge in [-0.1, -0.05) is 49.4 Å². The number of hydrogen-bond acceptors (Lipinski definition) is 4. The lowest BCUT2D eigenvalue weighted by molar-refractivity contribution is -0.122. The quantitative estimate of drug-likeness (QED) is 0.587. The molecule has 0 bridgehead atoms. The molecule has 1 aliphatic rings. The van der Waals surface area contributed by atoms with Crippen LogP contribution in [0.15, 0.2) is 59.5 Å². The number of likely N-dealkylation sites (tertiary alicyclic amines) is 1. The van der Waals surface area contributed by atoms with E-state index < -0.39 is 32.7 Å². The topological polar surface area (TPSA) is 78.5 Å². The highest BCUT2D eigenvalue weighted by Gasteiger charge is 2.28. The molecule has 1 amide bonds. The molecule has 2 aromatic carbocycles. The van der Waals surface area contributed by atoms with Crippen LogP contribution in [-0.4, -0.2) is 51.4 Å². The van der Waals surface area contributed by atoms with Crippen molar-refractivity contribution in [3.05, 3.63) is 66.0 Å². The van der Waals surface area contributed by atoms with Crippen molar-refractivity contribution in [1.82, 2.24) is 14.9 Å². The fraction of sp³-hybridized carbons (Fsp3) is 0.435. The lowest BCUT2D eigenvalue weighted by Crippen LogP contribution is -2.49. The summed E-state index contributed by atoms with van der Waals surface area (Å²) in [7, 11) is -4.21. The van der Waals surface area contributed by atoms with Crippen molar-refractivity contribution >= 4 is 15.9 Å². The number of hydrogen-bond donors (Lipinski definition) is 2. The Labute approximate surface area is 183 Å². The molecule has 1 saturated heterocycles. The number of carbonyl (C=O) groups excluding carboxylic acids is 1. The van der Waals surface area contributed by atoms with Crippen LogP contribution in [0.4, 0.5) is 4.39 Å². The van der Waals surface area contributed by atoms with Crippen LogP contribution in [0.2, 0.25) is 0 Å². The van der Waals surface area contributed by atoms with Gasteiger partial charge in [-0.05, 0) is 56.0 Å². The van der Waals surface area contributed by atoms with Crippen LogP contribution >= 0.6 is 0 Å². The third-order valence-electron chi connectivity index (χ3n) is 5.42. The first-order valence-electron chi connectivity index (χ1n) is 10.7. The lowest BCUT2D eigenvalue weighted by atomic mass is 10.1. The maximum Gasteiger partial charge on any atom is 0.244 e. The largest absolute Gasteiger partial charge is 0.354 e. The standard InChI is InChI=1S/C23H30FN3O3S/c1-18(17-27-13-7-8-14-27)16-25-23(28)21(15-19-9-3-2-4-10-19)26-31(29,30)22-12-6-5-11-20(22)24/h2-6,9-12,18,21,26H,7-8,13-17H2,1H3,(H,25,28). The summed E-state index contributed by atoms with van der Waals surface area (Å²) in [5.41, 5.74) is 0.809. The van der Waals surface area contributed by atoms with E-state index in [4.69, 9.17) is 0 Å². The van der Waals surface area contributed by atoms with Gasteiger partial charge in [0.05, 0.1) is 0 Å². The number of benzene rings is 2. The maximum absolute atomic E-state index is 14.1. The fourth-order valence-electron chi connectivity index (χ4n) is 3.82. The molecular formula is C23H30FN3O3S. The lowest BCUT2D eigenvalue weighted by Gasteiger charge is -2.23. The first-order valence-corrected chi connectivity index (χ1v) is 12.1. The number of halogens is 1. The summed E-state index contributed by atoms with van der Waals surface area (Å²) in [4.78, 5) is 14.8. The maximum atomic E-state index is 14.1. The average Bonchev–Trinajstić information content (AvgIpc) is 3.25. The van der Waals surface area contributed by atoms with Gasteiger partial charge in [0, 0.05) is 13.1 Å². The van der Waals surface area contributed by atoms with E-state index in [9.17, 15) is 17.6 Å². The predicted octanol–water partition coefficient (Wildman–Crippen LogP) is 2.56. The Hall–Kier alpha value is -2.29. The summed E-state index contributed by atoms with van der Waals surface area (Å²) in [6.45, 7) is 5.57. The zero-order chi connectivity index (χ0) is 22.3. The smallest absolute Gasteiger partial charge is 0.244 e. The van der Waals surface area contributed by atoms with Crippen LogP contribution in [0.1, 0.15) is 25.3 Å². The molecule has 2 N–H and O–H groups in total. The molecule has 168 valence electrons. The second kappa shape index (κ2) is 10.8. The number of sulfonamides is 1. The molecule has 0 aliphatic carbocycles. The van der Waals surface area contributed by atoms with Gasteiger partial charge in [-0.15, -0.1) is 0 Å². The number of rotatable bonds is 10. The molecule has 0 spiro atoms. The molecule has 1 heterocycles. The molecule has 6 nitrogen and oxygen atoms in total. The summed E-state index contributed by atoms with van der Waals surface area (Å²) in [5, 5.41) is 2.88. The molecule has 0 saturated carbocycles. The summed E-state index contributed by atoms with van der Waals surface area (Å²) in [6, 6.07) is 13.2. The Morgan fingerprint density at radius 2 is 1.71 bits per heavy atom. The summed E-state index contributed by atoms with van der Waals surface area (Å²) in [6.07, 6.45) is 2.58. The van der Waals surface area contributed by atoms with E-state index in [0.717, 1.165) is 31.3 Å². The first-order chi connectivity index (χ1) is 14.8. The van der Waals surface area contributed by atoms with Crippen LogP contribution in [0, 0.1) is 11.7 Å². The van der Waals surface area contributed by atoms with E-state index in [2.05, 4.69) is 21.9 Å². The van der Waals surface area contributed by atoms with Gasteiger partial charge in [0.25, 0.3) is 0 Å². The van der Waals surface area contributed by atoms with Gasteiger partial charge in [0.1, 0.15) is 16.8 Å². The highest BCUT2D eigenvalue weighted by molar-refractivity contribution is 7.89. The Bertz CT molecular complexity index is 963. The monoisotopic (exact) mass is 447 g/mol. The SMILES string of the molecule is CC(CNC(=O)C(Cc1ccccc1)NS(=O)(=O)c1ccccc1F)CN1CCCC1. The van der Waals surface area contributed by atoms with E-state index >= 15 is 0 Å². The van der Waals surface area contributed by atoms with Gasteiger partial charge in [-0.2, -0.15) is 4.72 Å². The minimum Gasteiger partial charge on any atom is -0.354 e. The number of nitrogens with one attached hydrogen (secondary N) is 2. The summed E-state index contributed by atoms with van der Waals surface area (Å²) < 4.78 is 42.1. The normalized spacial score (nSPS) is 16.7. The number of amides is 1. The predicted molar refractivity (Wildman–Crippen MR) is 119 cm³/mol. The van der Waals surface area contributed by atoms with Crippen molar-refractivity contribution in [1.29, 1.82) is 0 Å². The Morgan fingerprint density at radius 3 is 2.39 bits per heavy atom. The minimum absolute atomic E-state index is 0.168. The first kappa shape index (κ1) is 23.4. The Balaban J connectivity index is 1.69. The van der Waals surface area contributed by atoms with E-state index in [1.807, 2.05) is 30.3 Å². The van der Waals surface area contributed by atoms with Crippen LogP contribution in [0.5, 0.6) is 0 Å². The molecule has 0 aromatic heterocycles. The molecule has 2 unspecified atom stereocenters. The van der Waals surface area contributed by atoms with E-state index in [0.29, 0.717) is 6.54 Å². The third-order valence-corrected chi connectivity index (χ3v) is 6.92. The van der Waals surface area contributed by atoms with Crippen LogP contribution in [0.25, 0.3) is 0 Å². The molecule has 2 atom stereocenters. The minimum atomic E-state index is -4.21. The molecule has 0 radical (unpaired) electrons. The second-order valence-electron chi connectivity index (χ2n) is 8.15. The zero-order valence-electron chi connectivity index (χ0n) is 17.8. The van der Waals surface area contributed by atoms with Crippen LogP contribution in [0.3, 0.4) is 0 Å². The molecule has 2 aromatic rings. The van der Waals surface area contributed by atoms with Gasteiger partial charge in [-0.25, -0.2) is 12.8 Å². The third kappa shape index (κ3) is 6.85. The fourth-order valence-corrected chi connectivity index (χ4v) is 5.09. The van der Waals surface area contributed by atoms with Gasteiger partial charge >= 0.3 is 0 Å². The van der Waals surface area contributed by atoms with E-state index in [1.54, 1.807) is 0 Å². The zero-order valence-corrected chi connectivity index (χ0v) is 18.6. The van der Waals surface area contributed by atoms with E-state index in [1.165, 1.54) is 31.0 Å². The Kier molecular flexibility index (Phi) is 8.17. The molecule has 1 fully saturated rings. The van der Waals surface area contributed by atoms with Gasteiger partial charge in [-0.3, -0.25) is 4.79 Å². The highest BCUT2D eigenvalue weighted by atomic mass is 32.2. The summed E-state index contributed by atoms with van der Waals surface area (Å²) in [5.74, 6) is -1.03. The molecular weight excluding hydrogens is 417 g/mol. The molecule has 1 aliphatic heterocycles. The van der Waals surface area contributed by atoms with Gasteiger partial charge in [0.15, 0.2) is 0 Å². The van der Waals surface area contributed by atoms with Crippen molar-refractivity contribution in [3.8, 4) is 0 Å². The molecule has 3 rings (SSSR count). The van der Waals surface area contributed by atoms with Gasteiger partial charge < -0.3 is 10.2 Å².